The summed E-state index contributed by atoms with van der Waals surface area (Å²) in [5.41, 5.74) is 11.4. The highest BCUT2D eigenvalue weighted by atomic mass is 16.4. The molecular formula is C16H28N2O2. The number of likely N-dealkylation sites (N-methyl/N-ethyl adjacent to an activating group) is 1. The van der Waals surface area contributed by atoms with Crippen molar-refractivity contribution in [2.45, 2.75) is 52.5 Å². The molecule has 0 saturated heterocycles. The molecule has 20 heavy (non-hydrogen) atoms. The molecule has 1 aliphatic rings. The van der Waals surface area contributed by atoms with E-state index in [0.29, 0.717) is 6.42 Å². The summed E-state index contributed by atoms with van der Waals surface area (Å²) in [7, 11) is 2.12. The van der Waals surface area contributed by atoms with Crippen LogP contribution in [0.2, 0.25) is 0 Å². The predicted octanol–water partition coefficient (Wildman–Crippen LogP) is 2.56. The third kappa shape index (κ3) is 4.76. The van der Waals surface area contributed by atoms with Crippen LogP contribution in [0.5, 0.6) is 0 Å². The molecule has 4 nitrogen and oxygen atoms in total. The Morgan fingerprint density at radius 3 is 2.45 bits per heavy atom. The van der Waals surface area contributed by atoms with Crippen molar-refractivity contribution in [1.82, 2.24) is 4.90 Å². The number of aliphatic carboxylic acids is 1. The third-order valence-corrected chi connectivity index (χ3v) is 4.19. The summed E-state index contributed by atoms with van der Waals surface area (Å²) in [6.07, 6.45) is 3.53. The van der Waals surface area contributed by atoms with Crippen LogP contribution in [0.25, 0.3) is 0 Å². The van der Waals surface area contributed by atoms with Gasteiger partial charge in [0, 0.05) is 6.54 Å². The number of nitrogens with zero attached hydrogens (tertiary/aromatic N) is 1. The molecule has 0 radical (unpaired) electrons. The molecule has 0 heterocycles. The van der Waals surface area contributed by atoms with E-state index in [1.54, 1.807) is 0 Å². The smallest absolute Gasteiger partial charge is 0.320 e. The number of carboxylic acids is 1. The molecule has 0 unspecified atom stereocenters. The first-order valence-corrected chi connectivity index (χ1v) is 7.35. The van der Waals surface area contributed by atoms with Crippen LogP contribution in [0.15, 0.2) is 22.3 Å². The molecule has 0 amide bonds. The molecule has 0 aromatic heterocycles. The second-order valence-electron chi connectivity index (χ2n) is 6.02. The first-order valence-electron chi connectivity index (χ1n) is 7.35. The van der Waals surface area contributed by atoms with E-state index in [1.807, 2.05) is 0 Å². The average Bonchev–Trinajstić information content (AvgIpc) is 2.61. The van der Waals surface area contributed by atoms with Gasteiger partial charge in [-0.2, -0.15) is 0 Å². The van der Waals surface area contributed by atoms with Crippen LogP contribution in [0.3, 0.4) is 0 Å². The van der Waals surface area contributed by atoms with E-state index in [2.05, 4.69) is 32.7 Å². The predicted molar refractivity (Wildman–Crippen MR) is 82.7 cm³/mol. The van der Waals surface area contributed by atoms with Gasteiger partial charge < -0.3 is 15.7 Å². The molecule has 0 bridgehead atoms. The van der Waals surface area contributed by atoms with Gasteiger partial charge in [0.25, 0.3) is 0 Å². The Bertz CT molecular complexity index is 424. The van der Waals surface area contributed by atoms with Gasteiger partial charge in [0.05, 0.1) is 0 Å². The first kappa shape index (κ1) is 16.9. The van der Waals surface area contributed by atoms with Crippen LogP contribution < -0.4 is 5.73 Å². The lowest BCUT2D eigenvalue weighted by Gasteiger charge is -2.19. The zero-order valence-electron chi connectivity index (χ0n) is 13.2. The van der Waals surface area contributed by atoms with Crippen molar-refractivity contribution in [1.29, 1.82) is 0 Å². The average molecular weight is 280 g/mol. The summed E-state index contributed by atoms with van der Waals surface area (Å²) in [6, 6.07) is -0.715. The van der Waals surface area contributed by atoms with E-state index < -0.39 is 12.0 Å². The standard InChI is InChI=1S/C16H28N2O2/c1-11-9-12(2)14(13(11)3)10-18(4)8-6-5-7-15(17)16(19)20/h15H,5-10,17H2,1-4H3,(H,19,20)/t15-/m0/s1. The van der Waals surface area contributed by atoms with Gasteiger partial charge in [-0.05, 0) is 64.8 Å². The van der Waals surface area contributed by atoms with E-state index in [9.17, 15) is 4.79 Å². The molecule has 1 atom stereocenters. The third-order valence-electron chi connectivity index (χ3n) is 4.19. The highest BCUT2D eigenvalue weighted by Gasteiger charge is 2.17. The van der Waals surface area contributed by atoms with Crippen LogP contribution in [-0.2, 0) is 4.79 Å². The van der Waals surface area contributed by atoms with Crippen molar-refractivity contribution >= 4 is 5.97 Å². The number of nitrogens with two attached hydrogens (primary N) is 1. The Labute approximate surface area is 122 Å². The number of carbonyl (C=O) groups is 1. The maximum atomic E-state index is 10.6. The Balaban J connectivity index is 2.30. The highest BCUT2D eigenvalue weighted by Crippen LogP contribution is 2.31. The van der Waals surface area contributed by atoms with E-state index in [4.69, 9.17) is 10.8 Å². The van der Waals surface area contributed by atoms with Gasteiger partial charge in [-0.15, -0.1) is 0 Å². The largest absolute Gasteiger partial charge is 0.480 e. The summed E-state index contributed by atoms with van der Waals surface area (Å²) in [5.74, 6) is -0.902. The Morgan fingerprint density at radius 2 is 1.95 bits per heavy atom. The van der Waals surface area contributed by atoms with Crippen molar-refractivity contribution in [3.63, 3.8) is 0 Å². The monoisotopic (exact) mass is 280 g/mol. The normalized spacial score (nSPS) is 17.3. The fourth-order valence-corrected chi connectivity index (χ4v) is 2.69. The zero-order valence-corrected chi connectivity index (χ0v) is 13.2. The van der Waals surface area contributed by atoms with Crippen molar-refractivity contribution in [2.75, 3.05) is 20.1 Å². The zero-order chi connectivity index (χ0) is 15.3. The van der Waals surface area contributed by atoms with Crippen molar-refractivity contribution in [2.24, 2.45) is 5.73 Å². The topological polar surface area (TPSA) is 66.6 Å². The molecule has 0 aromatic carbocycles. The fraction of sp³-hybridized carbons (Fsp3) is 0.688. The molecule has 0 aliphatic heterocycles. The van der Waals surface area contributed by atoms with Crippen LogP contribution >= 0.6 is 0 Å². The van der Waals surface area contributed by atoms with E-state index >= 15 is 0 Å². The van der Waals surface area contributed by atoms with E-state index in [-0.39, 0.29) is 0 Å². The van der Waals surface area contributed by atoms with Crippen molar-refractivity contribution < 1.29 is 9.90 Å². The van der Waals surface area contributed by atoms with Crippen LogP contribution in [0.1, 0.15) is 46.5 Å². The maximum Gasteiger partial charge on any atom is 0.320 e. The molecule has 0 spiro atoms. The molecule has 1 aliphatic carbocycles. The summed E-state index contributed by atoms with van der Waals surface area (Å²) >= 11 is 0. The Morgan fingerprint density at radius 1 is 1.30 bits per heavy atom. The molecule has 1 rings (SSSR count). The second kappa shape index (κ2) is 7.60. The summed E-state index contributed by atoms with van der Waals surface area (Å²) in [5, 5.41) is 8.72. The van der Waals surface area contributed by atoms with Crippen LogP contribution in [-0.4, -0.2) is 42.2 Å². The van der Waals surface area contributed by atoms with Gasteiger partial charge in [0.2, 0.25) is 0 Å². The van der Waals surface area contributed by atoms with Gasteiger partial charge in [0.15, 0.2) is 0 Å². The summed E-state index contributed by atoms with van der Waals surface area (Å²) in [6.45, 7) is 8.60. The number of hydrogen-bond acceptors (Lipinski definition) is 3. The highest BCUT2D eigenvalue weighted by molar-refractivity contribution is 5.72. The SMILES string of the molecule is CC1=C(C)C(CN(C)CCCC[C@H](N)C(=O)O)=C(C)C1. The minimum Gasteiger partial charge on any atom is -0.480 e. The summed E-state index contributed by atoms with van der Waals surface area (Å²) < 4.78 is 0. The molecule has 4 heteroatoms. The molecular weight excluding hydrogens is 252 g/mol. The number of allylic oxidation sites excluding steroid dienone is 2. The minimum atomic E-state index is -0.902. The maximum absolute atomic E-state index is 10.6. The number of carboxylic acid groups (broad SMARTS) is 1. The molecule has 114 valence electrons. The quantitative estimate of drug-likeness (QED) is 0.671. The first-order chi connectivity index (χ1) is 9.32. The van der Waals surface area contributed by atoms with Gasteiger partial charge in [-0.3, -0.25) is 4.79 Å². The lowest BCUT2D eigenvalue weighted by molar-refractivity contribution is -0.138. The molecule has 0 aromatic rings. The van der Waals surface area contributed by atoms with Crippen LogP contribution in [0, 0.1) is 0 Å². The Hall–Kier alpha value is -1.13. The molecule has 3 N–H and O–H groups in total. The van der Waals surface area contributed by atoms with E-state index in [1.165, 1.54) is 22.3 Å². The Kier molecular flexibility index (Phi) is 6.43. The van der Waals surface area contributed by atoms with Crippen molar-refractivity contribution in [3.05, 3.63) is 22.3 Å². The van der Waals surface area contributed by atoms with Gasteiger partial charge in [0.1, 0.15) is 6.04 Å². The summed E-state index contributed by atoms with van der Waals surface area (Å²) in [4.78, 5) is 12.9. The molecule has 0 fully saturated rings. The number of unbranched alkanes of at least 4 members (excludes halogenated alkanes) is 1. The second-order valence-corrected chi connectivity index (χ2v) is 6.02. The van der Waals surface area contributed by atoms with Crippen molar-refractivity contribution in [3.8, 4) is 0 Å². The van der Waals surface area contributed by atoms with Gasteiger partial charge in [-0.25, -0.2) is 0 Å². The van der Waals surface area contributed by atoms with Gasteiger partial charge >= 0.3 is 5.97 Å². The lowest BCUT2D eigenvalue weighted by Crippen LogP contribution is -2.30. The van der Waals surface area contributed by atoms with E-state index in [0.717, 1.165) is 32.4 Å². The number of rotatable bonds is 8. The number of hydrogen-bond donors (Lipinski definition) is 2. The minimum absolute atomic E-state index is 0.558. The van der Waals surface area contributed by atoms with Gasteiger partial charge in [-0.1, -0.05) is 17.6 Å². The molecule has 0 saturated carbocycles. The lowest BCUT2D eigenvalue weighted by atomic mass is 10.1. The van der Waals surface area contributed by atoms with Crippen LogP contribution in [0.4, 0.5) is 0 Å². The fourth-order valence-electron chi connectivity index (χ4n) is 2.69.